The van der Waals surface area contributed by atoms with Crippen molar-refractivity contribution in [3.8, 4) is 10.4 Å². The lowest BCUT2D eigenvalue weighted by molar-refractivity contribution is -0.144. The summed E-state index contributed by atoms with van der Waals surface area (Å²) >= 11 is 1.58. The lowest BCUT2D eigenvalue weighted by atomic mass is 9.85. The van der Waals surface area contributed by atoms with Crippen molar-refractivity contribution in [2.45, 2.75) is 72.2 Å². The standard InChI is InChI=1S/C27H38N4O5S/c1-6-11-36-15-22(33)30-24(27(3,4)5)26(35)31-14-20(32)12-21(31)25(34)28-13-18-7-9-19(10-8-18)23-17(2)29-16-37-23/h7-10,16,20-21,24,32H,6,11-15H2,1-5H3,(H,28,34)(H,30,33)/t20-,21+,24-/m1/s1. The minimum absolute atomic E-state index is 0.0363. The summed E-state index contributed by atoms with van der Waals surface area (Å²) in [6, 6.07) is 6.21. The maximum Gasteiger partial charge on any atom is 0.246 e. The highest BCUT2D eigenvalue weighted by atomic mass is 32.1. The predicted octanol–water partition coefficient (Wildman–Crippen LogP) is 2.65. The number of thiazole rings is 1. The number of nitrogens with one attached hydrogen (secondary N) is 2. The zero-order chi connectivity index (χ0) is 27.2. The van der Waals surface area contributed by atoms with Crippen molar-refractivity contribution >= 4 is 29.1 Å². The van der Waals surface area contributed by atoms with Crippen LogP contribution in [0.4, 0.5) is 0 Å². The molecular weight excluding hydrogens is 492 g/mol. The molecule has 1 aliphatic rings. The van der Waals surface area contributed by atoms with Gasteiger partial charge in [-0.15, -0.1) is 11.3 Å². The Morgan fingerprint density at radius 2 is 1.95 bits per heavy atom. The first-order valence-corrected chi connectivity index (χ1v) is 13.5. The van der Waals surface area contributed by atoms with E-state index in [4.69, 9.17) is 4.74 Å². The van der Waals surface area contributed by atoms with Crippen LogP contribution in [0.25, 0.3) is 10.4 Å². The summed E-state index contributed by atoms with van der Waals surface area (Å²) in [5.74, 6) is -1.12. The molecule has 3 atom stereocenters. The van der Waals surface area contributed by atoms with Crippen LogP contribution in [-0.2, 0) is 25.7 Å². The van der Waals surface area contributed by atoms with Gasteiger partial charge >= 0.3 is 0 Å². The fraction of sp³-hybridized carbons (Fsp3) is 0.556. The van der Waals surface area contributed by atoms with E-state index in [1.54, 1.807) is 11.3 Å². The fourth-order valence-electron chi connectivity index (χ4n) is 4.29. The van der Waals surface area contributed by atoms with Crippen molar-refractivity contribution in [2.75, 3.05) is 19.8 Å². The zero-order valence-electron chi connectivity index (χ0n) is 22.2. The molecule has 1 fully saturated rings. The van der Waals surface area contributed by atoms with Crippen LogP contribution in [0.15, 0.2) is 29.8 Å². The van der Waals surface area contributed by atoms with Crippen LogP contribution in [0.1, 0.15) is 51.8 Å². The number of aliphatic hydroxyl groups excluding tert-OH is 1. The van der Waals surface area contributed by atoms with Gasteiger partial charge in [-0.1, -0.05) is 52.0 Å². The molecule has 0 aliphatic carbocycles. The van der Waals surface area contributed by atoms with Gasteiger partial charge in [0.2, 0.25) is 17.7 Å². The van der Waals surface area contributed by atoms with E-state index in [0.29, 0.717) is 13.2 Å². The monoisotopic (exact) mass is 530 g/mol. The highest BCUT2D eigenvalue weighted by molar-refractivity contribution is 7.13. The molecule has 3 rings (SSSR count). The van der Waals surface area contributed by atoms with Crippen molar-refractivity contribution in [2.24, 2.45) is 5.41 Å². The third kappa shape index (κ3) is 7.59. The molecule has 1 aliphatic heterocycles. The highest BCUT2D eigenvalue weighted by Crippen LogP contribution is 2.28. The van der Waals surface area contributed by atoms with Gasteiger partial charge in [-0.05, 0) is 29.9 Å². The molecule has 3 N–H and O–H groups in total. The summed E-state index contributed by atoms with van der Waals surface area (Å²) in [6.07, 6.45) is 0.115. The second kappa shape index (κ2) is 12.6. The normalized spacial score (nSPS) is 18.5. The van der Waals surface area contributed by atoms with Gasteiger partial charge in [-0.3, -0.25) is 14.4 Å². The average molecular weight is 531 g/mol. The number of aromatic nitrogens is 1. The van der Waals surface area contributed by atoms with Gasteiger partial charge in [0.05, 0.1) is 22.2 Å². The lowest BCUT2D eigenvalue weighted by Gasteiger charge is -2.35. The summed E-state index contributed by atoms with van der Waals surface area (Å²) in [7, 11) is 0. The van der Waals surface area contributed by atoms with Crippen LogP contribution >= 0.6 is 11.3 Å². The lowest BCUT2D eigenvalue weighted by Crippen LogP contribution is -2.58. The maximum atomic E-state index is 13.5. The number of hydrogen-bond donors (Lipinski definition) is 3. The number of benzene rings is 1. The Kier molecular flexibility index (Phi) is 9.80. The molecule has 1 aromatic heterocycles. The van der Waals surface area contributed by atoms with Gasteiger partial charge < -0.3 is 25.4 Å². The average Bonchev–Trinajstić information content (AvgIpc) is 3.46. The number of carbonyl (C=O) groups is 3. The Balaban J connectivity index is 1.65. The third-order valence-corrected chi connectivity index (χ3v) is 7.27. The first-order chi connectivity index (χ1) is 17.5. The third-order valence-electron chi connectivity index (χ3n) is 6.29. The quantitative estimate of drug-likeness (QED) is 0.406. The molecule has 202 valence electrons. The molecule has 0 spiro atoms. The van der Waals surface area contributed by atoms with Gasteiger partial charge in [-0.25, -0.2) is 4.98 Å². The zero-order valence-corrected chi connectivity index (χ0v) is 23.1. The molecule has 0 radical (unpaired) electrons. The van der Waals surface area contributed by atoms with Crippen molar-refractivity contribution in [1.82, 2.24) is 20.5 Å². The van der Waals surface area contributed by atoms with Gasteiger partial charge in [0.15, 0.2) is 0 Å². The van der Waals surface area contributed by atoms with Crippen LogP contribution < -0.4 is 10.6 Å². The smallest absolute Gasteiger partial charge is 0.246 e. The molecule has 9 nitrogen and oxygen atoms in total. The first-order valence-electron chi connectivity index (χ1n) is 12.6. The number of aliphatic hydroxyl groups is 1. The van der Waals surface area contributed by atoms with Crippen LogP contribution in [0.3, 0.4) is 0 Å². The number of ether oxygens (including phenoxy) is 1. The summed E-state index contributed by atoms with van der Waals surface area (Å²) in [6.45, 7) is 10.1. The fourth-order valence-corrected chi connectivity index (χ4v) is 5.10. The molecule has 0 unspecified atom stereocenters. The van der Waals surface area contributed by atoms with Crippen LogP contribution in [-0.4, -0.2) is 70.7 Å². The summed E-state index contributed by atoms with van der Waals surface area (Å²) < 4.78 is 5.30. The highest BCUT2D eigenvalue weighted by Gasteiger charge is 2.44. The Labute approximate surface area is 222 Å². The van der Waals surface area contributed by atoms with E-state index in [1.807, 2.05) is 64.4 Å². The minimum atomic E-state index is -0.867. The van der Waals surface area contributed by atoms with E-state index in [2.05, 4.69) is 15.6 Å². The number of amides is 3. The largest absolute Gasteiger partial charge is 0.391 e. The van der Waals surface area contributed by atoms with E-state index >= 15 is 0 Å². The van der Waals surface area contributed by atoms with Gasteiger partial charge in [0.1, 0.15) is 18.7 Å². The van der Waals surface area contributed by atoms with E-state index in [1.165, 1.54) is 4.90 Å². The van der Waals surface area contributed by atoms with E-state index in [-0.39, 0.29) is 31.4 Å². The molecule has 0 saturated carbocycles. The number of hydrogen-bond acceptors (Lipinski definition) is 7. The van der Waals surface area contributed by atoms with Crippen LogP contribution in [0, 0.1) is 12.3 Å². The molecular formula is C27H38N4O5S. The van der Waals surface area contributed by atoms with Crippen LogP contribution in [0.2, 0.25) is 0 Å². The Bertz CT molecular complexity index is 1080. The SMILES string of the molecule is CCCOCC(=O)N[C@H](C(=O)N1C[C@H](O)C[C@H]1C(=O)NCc1ccc(-c2scnc2C)cc1)C(C)(C)C. The maximum absolute atomic E-state index is 13.5. The molecule has 37 heavy (non-hydrogen) atoms. The van der Waals surface area contributed by atoms with Gasteiger partial charge in [0.25, 0.3) is 0 Å². The van der Waals surface area contributed by atoms with Crippen molar-refractivity contribution in [3.63, 3.8) is 0 Å². The predicted molar refractivity (Wildman–Crippen MR) is 143 cm³/mol. The van der Waals surface area contributed by atoms with E-state index in [0.717, 1.165) is 28.1 Å². The van der Waals surface area contributed by atoms with Gasteiger partial charge in [-0.2, -0.15) is 0 Å². The summed E-state index contributed by atoms with van der Waals surface area (Å²) in [5.41, 5.74) is 4.18. The molecule has 2 aromatic rings. The number of rotatable bonds is 10. The number of aryl methyl sites for hydroxylation is 1. The van der Waals surface area contributed by atoms with Gasteiger partial charge in [0, 0.05) is 26.1 Å². The molecule has 10 heteroatoms. The number of β-amino-alcohol motifs (C(OH)–C–C–N with tert-alkyl or cyclic N) is 1. The first kappa shape index (κ1) is 28.7. The summed E-state index contributed by atoms with van der Waals surface area (Å²) in [5, 5.41) is 16.0. The number of likely N-dealkylation sites (tertiary alicyclic amines) is 1. The van der Waals surface area contributed by atoms with Crippen molar-refractivity contribution in [3.05, 3.63) is 41.0 Å². The second-order valence-corrected chi connectivity index (χ2v) is 11.4. The Hall–Kier alpha value is -2.82. The molecule has 0 bridgehead atoms. The molecule has 1 aromatic carbocycles. The van der Waals surface area contributed by atoms with Crippen LogP contribution in [0.5, 0.6) is 0 Å². The second-order valence-electron chi connectivity index (χ2n) is 10.5. The number of carbonyl (C=O) groups excluding carboxylic acids is 3. The minimum Gasteiger partial charge on any atom is -0.391 e. The molecule has 1 saturated heterocycles. The molecule has 2 heterocycles. The summed E-state index contributed by atoms with van der Waals surface area (Å²) in [4.78, 5) is 45.9. The molecule has 3 amide bonds. The topological polar surface area (TPSA) is 121 Å². The van der Waals surface area contributed by atoms with E-state index < -0.39 is 29.5 Å². The van der Waals surface area contributed by atoms with E-state index in [9.17, 15) is 19.5 Å². The van der Waals surface area contributed by atoms with Crippen molar-refractivity contribution in [1.29, 1.82) is 0 Å². The van der Waals surface area contributed by atoms with Crippen molar-refractivity contribution < 1.29 is 24.2 Å². The Morgan fingerprint density at radius 1 is 1.24 bits per heavy atom. The number of nitrogens with zero attached hydrogens (tertiary/aromatic N) is 2. The Morgan fingerprint density at radius 3 is 2.54 bits per heavy atom.